The number of esters is 1. The Bertz CT molecular complexity index is 493. The first-order valence-corrected chi connectivity index (χ1v) is 4.77. The monoisotopic (exact) mass is 254 g/mol. The summed E-state index contributed by atoms with van der Waals surface area (Å²) in [5.41, 5.74) is 0.628. The number of fused-ring (bicyclic) bond motifs is 1. The topological polar surface area (TPSA) is 43.6 Å². The summed E-state index contributed by atoms with van der Waals surface area (Å²) in [4.78, 5) is 14.9. The zero-order valence-corrected chi connectivity index (χ0v) is 8.98. The average Bonchev–Trinajstić information content (AvgIpc) is 2.50. The smallest absolute Gasteiger partial charge is 0.308 e. The van der Waals surface area contributed by atoms with Crippen molar-refractivity contribution in [1.82, 2.24) is 9.38 Å². The molecule has 0 aliphatic rings. The zero-order chi connectivity index (χ0) is 10.1. The molecule has 0 saturated heterocycles. The molecule has 4 nitrogen and oxygen atoms in total. The fourth-order valence-corrected chi connectivity index (χ4v) is 1.63. The fourth-order valence-electron chi connectivity index (χ4n) is 1.20. The van der Waals surface area contributed by atoms with Gasteiger partial charge in [0.05, 0.1) is 0 Å². The predicted molar refractivity (Wildman–Crippen MR) is 54.2 cm³/mol. The van der Waals surface area contributed by atoms with Crippen LogP contribution in [0.25, 0.3) is 5.65 Å². The largest absolute Gasteiger partial charge is 0.423 e. The van der Waals surface area contributed by atoms with Gasteiger partial charge in [-0.15, -0.1) is 0 Å². The number of carbonyl (C=O) groups is 1. The first kappa shape index (κ1) is 9.21. The molecule has 0 N–H and O–H groups in total. The van der Waals surface area contributed by atoms with Crippen LogP contribution in [0.15, 0.2) is 29.1 Å². The van der Waals surface area contributed by atoms with Crippen LogP contribution in [0.1, 0.15) is 6.92 Å². The maximum atomic E-state index is 10.8. The lowest BCUT2D eigenvalue weighted by atomic mass is 10.4. The van der Waals surface area contributed by atoms with E-state index in [1.165, 1.54) is 6.92 Å². The Morgan fingerprint density at radius 1 is 1.64 bits per heavy atom. The number of aromatic nitrogens is 2. The van der Waals surface area contributed by atoms with Gasteiger partial charge in [-0.25, -0.2) is 4.98 Å². The number of pyridine rings is 1. The number of rotatable bonds is 1. The minimum absolute atomic E-state index is 0.354. The lowest BCUT2D eigenvalue weighted by Crippen LogP contribution is -2.03. The molecule has 14 heavy (non-hydrogen) atoms. The van der Waals surface area contributed by atoms with Crippen LogP contribution < -0.4 is 4.74 Å². The van der Waals surface area contributed by atoms with Crippen molar-refractivity contribution in [2.75, 3.05) is 0 Å². The van der Waals surface area contributed by atoms with Crippen LogP contribution in [0, 0.1) is 0 Å². The fraction of sp³-hybridized carbons (Fsp3) is 0.111. The van der Waals surface area contributed by atoms with Crippen LogP contribution in [0.2, 0.25) is 0 Å². The van der Waals surface area contributed by atoms with Gasteiger partial charge in [0.25, 0.3) is 0 Å². The Balaban J connectivity index is 2.60. The third-order valence-electron chi connectivity index (χ3n) is 1.67. The van der Waals surface area contributed by atoms with Gasteiger partial charge in [0.1, 0.15) is 0 Å². The predicted octanol–water partition coefficient (Wildman–Crippen LogP) is 2.02. The summed E-state index contributed by atoms with van der Waals surface area (Å²) in [5, 5.41) is 0. The number of halogens is 1. The molecule has 0 atom stereocenters. The van der Waals surface area contributed by atoms with E-state index in [1.54, 1.807) is 22.9 Å². The molecule has 0 spiro atoms. The third kappa shape index (κ3) is 1.63. The van der Waals surface area contributed by atoms with Crippen LogP contribution in [-0.4, -0.2) is 15.4 Å². The van der Waals surface area contributed by atoms with Crippen molar-refractivity contribution in [2.24, 2.45) is 0 Å². The maximum absolute atomic E-state index is 10.8. The van der Waals surface area contributed by atoms with Gasteiger partial charge in [-0.3, -0.25) is 4.79 Å². The van der Waals surface area contributed by atoms with Crippen molar-refractivity contribution in [2.45, 2.75) is 6.92 Å². The van der Waals surface area contributed by atoms with Crippen molar-refractivity contribution < 1.29 is 9.53 Å². The SMILES string of the molecule is CC(=O)Oc1cc(Br)cn2ccnc12. The van der Waals surface area contributed by atoms with E-state index in [-0.39, 0.29) is 5.97 Å². The molecule has 2 aromatic rings. The number of imidazole rings is 1. The summed E-state index contributed by atoms with van der Waals surface area (Å²) in [6, 6.07) is 1.71. The van der Waals surface area contributed by atoms with E-state index in [0.717, 1.165) is 4.47 Å². The summed E-state index contributed by atoms with van der Waals surface area (Å²) in [7, 11) is 0. The van der Waals surface area contributed by atoms with Gasteiger partial charge < -0.3 is 9.14 Å². The molecular weight excluding hydrogens is 248 g/mol. The Labute approximate surface area is 88.6 Å². The van der Waals surface area contributed by atoms with E-state index in [9.17, 15) is 4.79 Å². The van der Waals surface area contributed by atoms with Gasteiger partial charge >= 0.3 is 5.97 Å². The number of hydrogen-bond donors (Lipinski definition) is 0. The van der Waals surface area contributed by atoms with Crippen molar-refractivity contribution >= 4 is 27.5 Å². The van der Waals surface area contributed by atoms with E-state index >= 15 is 0 Å². The van der Waals surface area contributed by atoms with Gasteiger partial charge in [-0.05, 0) is 15.9 Å². The molecule has 0 bridgehead atoms. The van der Waals surface area contributed by atoms with Crippen molar-refractivity contribution in [3.8, 4) is 5.75 Å². The highest BCUT2D eigenvalue weighted by molar-refractivity contribution is 9.10. The van der Waals surface area contributed by atoms with Crippen molar-refractivity contribution in [1.29, 1.82) is 0 Å². The van der Waals surface area contributed by atoms with Crippen LogP contribution in [0.3, 0.4) is 0 Å². The Kier molecular flexibility index (Phi) is 2.25. The Morgan fingerprint density at radius 3 is 3.14 bits per heavy atom. The molecule has 0 fully saturated rings. The number of hydrogen-bond acceptors (Lipinski definition) is 3. The van der Waals surface area contributed by atoms with Gasteiger partial charge in [0, 0.05) is 36.1 Å². The lowest BCUT2D eigenvalue weighted by molar-refractivity contribution is -0.131. The first-order valence-electron chi connectivity index (χ1n) is 3.97. The molecule has 72 valence electrons. The van der Waals surface area contributed by atoms with E-state index in [1.807, 2.05) is 6.20 Å². The van der Waals surface area contributed by atoms with Gasteiger partial charge in [-0.2, -0.15) is 0 Å². The van der Waals surface area contributed by atoms with Crippen molar-refractivity contribution in [3.05, 3.63) is 29.1 Å². The maximum Gasteiger partial charge on any atom is 0.308 e. The van der Waals surface area contributed by atoms with E-state index in [2.05, 4.69) is 20.9 Å². The Morgan fingerprint density at radius 2 is 2.43 bits per heavy atom. The molecular formula is C9H7BrN2O2. The molecule has 2 heterocycles. The van der Waals surface area contributed by atoms with Crippen LogP contribution >= 0.6 is 15.9 Å². The number of carbonyl (C=O) groups excluding carboxylic acids is 1. The molecule has 5 heteroatoms. The molecule has 0 aliphatic carbocycles. The standard InChI is InChI=1S/C9H7BrN2O2/c1-6(13)14-8-4-7(10)5-12-3-2-11-9(8)12/h2-5H,1H3. The molecule has 0 aliphatic heterocycles. The molecule has 2 rings (SSSR count). The second-order valence-corrected chi connectivity index (χ2v) is 3.69. The number of ether oxygens (including phenoxy) is 1. The van der Waals surface area contributed by atoms with Crippen LogP contribution in [-0.2, 0) is 4.79 Å². The minimum atomic E-state index is -0.354. The third-order valence-corrected chi connectivity index (χ3v) is 2.11. The summed E-state index contributed by atoms with van der Waals surface area (Å²) >= 11 is 3.32. The van der Waals surface area contributed by atoms with Gasteiger partial charge in [-0.1, -0.05) is 0 Å². The Hall–Kier alpha value is -1.36. The molecule has 0 amide bonds. The number of nitrogens with zero attached hydrogens (tertiary/aromatic N) is 2. The molecule has 2 aromatic heterocycles. The highest BCUT2D eigenvalue weighted by atomic mass is 79.9. The molecule has 0 radical (unpaired) electrons. The summed E-state index contributed by atoms with van der Waals surface area (Å²) in [6.45, 7) is 1.36. The summed E-state index contributed by atoms with van der Waals surface area (Å²) < 4.78 is 7.63. The highest BCUT2D eigenvalue weighted by Gasteiger charge is 2.07. The highest BCUT2D eigenvalue weighted by Crippen LogP contribution is 2.23. The van der Waals surface area contributed by atoms with Gasteiger partial charge in [0.15, 0.2) is 11.4 Å². The van der Waals surface area contributed by atoms with E-state index in [0.29, 0.717) is 11.4 Å². The van der Waals surface area contributed by atoms with Crippen molar-refractivity contribution in [3.63, 3.8) is 0 Å². The van der Waals surface area contributed by atoms with Crippen LogP contribution in [0.5, 0.6) is 5.75 Å². The van der Waals surface area contributed by atoms with E-state index < -0.39 is 0 Å². The summed E-state index contributed by atoms with van der Waals surface area (Å²) in [6.07, 6.45) is 5.27. The average molecular weight is 255 g/mol. The van der Waals surface area contributed by atoms with Crippen LogP contribution in [0.4, 0.5) is 0 Å². The molecule has 0 saturated carbocycles. The quantitative estimate of drug-likeness (QED) is 0.732. The lowest BCUT2D eigenvalue weighted by Gasteiger charge is -2.03. The normalized spacial score (nSPS) is 10.4. The molecule has 0 unspecified atom stereocenters. The zero-order valence-electron chi connectivity index (χ0n) is 7.40. The minimum Gasteiger partial charge on any atom is -0.423 e. The molecule has 0 aromatic carbocycles. The first-order chi connectivity index (χ1) is 6.66. The van der Waals surface area contributed by atoms with E-state index in [4.69, 9.17) is 4.74 Å². The summed E-state index contributed by atoms with van der Waals surface area (Å²) in [5.74, 6) is 0.102. The van der Waals surface area contributed by atoms with Gasteiger partial charge in [0.2, 0.25) is 0 Å². The second-order valence-electron chi connectivity index (χ2n) is 2.77. The second kappa shape index (κ2) is 3.42.